The Kier molecular flexibility index (Phi) is 3.70. The van der Waals surface area contributed by atoms with Gasteiger partial charge < -0.3 is 5.11 Å². The molecule has 0 fully saturated rings. The van der Waals surface area contributed by atoms with Gasteiger partial charge in [-0.3, -0.25) is 5.32 Å². The van der Waals surface area contributed by atoms with E-state index in [0.717, 1.165) is 24.3 Å². The van der Waals surface area contributed by atoms with Crippen molar-refractivity contribution in [2.75, 3.05) is 5.32 Å². The second-order valence-corrected chi connectivity index (χ2v) is 3.60. The van der Waals surface area contributed by atoms with Gasteiger partial charge in [-0.05, 0) is 12.8 Å². The summed E-state index contributed by atoms with van der Waals surface area (Å²) in [6.07, 6.45) is 2.09. The van der Waals surface area contributed by atoms with Gasteiger partial charge in [-0.25, -0.2) is 9.78 Å². The Morgan fingerprint density at radius 3 is 3.15 bits per heavy atom. The zero-order chi connectivity index (χ0) is 9.68. The molecule has 0 radical (unpaired) electrons. The number of aromatic nitrogens is 1. The van der Waals surface area contributed by atoms with E-state index in [4.69, 9.17) is 5.11 Å². The predicted octanol–water partition coefficient (Wildman–Crippen LogP) is 2.58. The van der Waals surface area contributed by atoms with Crippen LogP contribution >= 0.6 is 11.3 Å². The lowest BCUT2D eigenvalue weighted by atomic mass is 10.3. The maximum absolute atomic E-state index is 10.2. The minimum Gasteiger partial charge on any atom is -0.465 e. The molecule has 2 N–H and O–H groups in total. The van der Waals surface area contributed by atoms with E-state index in [-0.39, 0.29) is 0 Å². The number of anilines is 1. The lowest BCUT2D eigenvalue weighted by molar-refractivity contribution is 0.209. The Hall–Kier alpha value is -1.10. The van der Waals surface area contributed by atoms with E-state index in [1.807, 2.05) is 0 Å². The first kappa shape index (κ1) is 9.98. The highest BCUT2D eigenvalue weighted by Crippen LogP contribution is 2.15. The minimum absolute atomic E-state index is 0.434. The van der Waals surface area contributed by atoms with Gasteiger partial charge in [-0.15, -0.1) is 11.3 Å². The third kappa shape index (κ3) is 3.42. The molecule has 1 heterocycles. The van der Waals surface area contributed by atoms with E-state index in [1.54, 1.807) is 5.38 Å². The summed E-state index contributed by atoms with van der Waals surface area (Å²) < 4.78 is 0. The number of carboxylic acid groups (broad SMARTS) is 1. The second-order valence-electron chi connectivity index (χ2n) is 2.66. The predicted molar refractivity (Wildman–Crippen MR) is 52.4 cm³/mol. The molecule has 0 aliphatic heterocycles. The van der Waals surface area contributed by atoms with Gasteiger partial charge in [0.2, 0.25) is 0 Å². The first-order valence-electron chi connectivity index (χ1n) is 4.16. The molecule has 13 heavy (non-hydrogen) atoms. The molecule has 0 saturated heterocycles. The molecule has 1 aromatic rings. The minimum atomic E-state index is -1.06. The van der Waals surface area contributed by atoms with Gasteiger partial charge in [-0.1, -0.05) is 13.3 Å². The van der Waals surface area contributed by atoms with Gasteiger partial charge in [0, 0.05) is 5.38 Å². The van der Waals surface area contributed by atoms with Crippen LogP contribution in [0.3, 0.4) is 0 Å². The van der Waals surface area contributed by atoms with Crippen LogP contribution in [0.25, 0.3) is 0 Å². The molecule has 0 aliphatic carbocycles. The number of rotatable bonds is 4. The number of aryl methyl sites for hydroxylation is 1. The maximum Gasteiger partial charge on any atom is 0.410 e. The third-order valence-electron chi connectivity index (χ3n) is 1.53. The van der Waals surface area contributed by atoms with Crippen molar-refractivity contribution in [1.29, 1.82) is 0 Å². The monoisotopic (exact) mass is 200 g/mol. The van der Waals surface area contributed by atoms with Crippen LogP contribution < -0.4 is 5.32 Å². The van der Waals surface area contributed by atoms with Crippen molar-refractivity contribution in [2.45, 2.75) is 26.2 Å². The summed E-state index contributed by atoms with van der Waals surface area (Å²) in [7, 11) is 0. The van der Waals surface area contributed by atoms with Crippen molar-refractivity contribution in [1.82, 2.24) is 4.98 Å². The molecule has 5 heteroatoms. The highest BCUT2D eigenvalue weighted by atomic mass is 32.1. The van der Waals surface area contributed by atoms with Crippen molar-refractivity contribution < 1.29 is 9.90 Å². The number of nitrogens with one attached hydrogen (secondary N) is 1. The Morgan fingerprint density at radius 1 is 1.77 bits per heavy atom. The zero-order valence-electron chi connectivity index (χ0n) is 7.41. The van der Waals surface area contributed by atoms with E-state index >= 15 is 0 Å². The number of hydrogen-bond acceptors (Lipinski definition) is 3. The van der Waals surface area contributed by atoms with E-state index in [1.165, 1.54) is 11.3 Å². The van der Waals surface area contributed by atoms with Crippen LogP contribution in [-0.4, -0.2) is 16.2 Å². The summed E-state index contributed by atoms with van der Waals surface area (Å²) >= 11 is 1.49. The second kappa shape index (κ2) is 4.81. The van der Waals surface area contributed by atoms with Crippen LogP contribution in [0.4, 0.5) is 10.6 Å². The number of unbranched alkanes of at least 4 members (excludes halogenated alkanes) is 1. The van der Waals surface area contributed by atoms with E-state index in [9.17, 15) is 4.79 Å². The molecule has 1 aromatic heterocycles. The van der Waals surface area contributed by atoms with Crippen molar-refractivity contribution in [3.8, 4) is 0 Å². The van der Waals surface area contributed by atoms with Crippen LogP contribution in [0.2, 0.25) is 0 Å². The highest BCUT2D eigenvalue weighted by Gasteiger charge is 2.03. The molecular formula is C8H12N2O2S. The van der Waals surface area contributed by atoms with Gasteiger partial charge in [-0.2, -0.15) is 0 Å². The average molecular weight is 200 g/mol. The summed E-state index contributed by atoms with van der Waals surface area (Å²) in [5.41, 5.74) is 0. The first-order chi connectivity index (χ1) is 6.22. The zero-order valence-corrected chi connectivity index (χ0v) is 8.23. The Labute approximate surface area is 80.6 Å². The number of carbonyl (C=O) groups is 1. The number of amides is 1. The lowest BCUT2D eigenvalue weighted by Gasteiger charge is -1.93. The standard InChI is InChI=1S/C8H12N2O2S/c1-2-3-4-7-9-6(5-13-7)10-8(11)12/h5,10H,2-4H2,1H3,(H,11,12). The molecule has 4 nitrogen and oxygen atoms in total. The largest absolute Gasteiger partial charge is 0.465 e. The fourth-order valence-electron chi connectivity index (χ4n) is 0.921. The SMILES string of the molecule is CCCCc1nc(NC(=O)O)cs1. The van der Waals surface area contributed by atoms with Crippen LogP contribution in [0, 0.1) is 0 Å². The smallest absolute Gasteiger partial charge is 0.410 e. The molecule has 0 saturated carbocycles. The van der Waals surface area contributed by atoms with Gasteiger partial charge in [0.1, 0.15) is 5.82 Å². The van der Waals surface area contributed by atoms with E-state index in [2.05, 4.69) is 17.2 Å². The molecule has 0 atom stereocenters. The van der Waals surface area contributed by atoms with Crippen molar-refractivity contribution in [2.24, 2.45) is 0 Å². The maximum atomic E-state index is 10.2. The highest BCUT2D eigenvalue weighted by molar-refractivity contribution is 7.10. The molecule has 0 aromatic carbocycles. The van der Waals surface area contributed by atoms with Gasteiger partial charge in [0.25, 0.3) is 0 Å². The van der Waals surface area contributed by atoms with Gasteiger partial charge >= 0.3 is 6.09 Å². The Balaban J connectivity index is 2.48. The van der Waals surface area contributed by atoms with Gasteiger partial charge in [0.05, 0.1) is 5.01 Å². The Morgan fingerprint density at radius 2 is 2.54 bits per heavy atom. The topological polar surface area (TPSA) is 62.2 Å². The van der Waals surface area contributed by atoms with Gasteiger partial charge in [0.15, 0.2) is 0 Å². The average Bonchev–Trinajstić information content (AvgIpc) is 2.48. The molecule has 72 valence electrons. The van der Waals surface area contributed by atoms with Crippen LogP contribution in [0.5, 0.6) is 0 Å². The fourth-order valence-corrected chi connectivity index (χ4v) is 1.69. The number of nitrogens with zero attached hydrogens (tertiary/aromatic N) is 1. The van der Waals surface area contributed by atoms with Crippen LogP contribution in [0.15, 0.2) is 5.38 Å². The third-order valence-corrected chi connectivity index (χ3v) is 2.44. The molecule has 0 spiro atoms. The van der Waals surface area contributed by atoms with E-state index in [0.29, 0.717) is 5.82 Å². The summed E-state index contributed by atoms with van der Waals surface area (Å²) in [5, 5.41) is 13.3. The van der Waals surface area contributed by atoms with Crippen molar-refractivity contribution in [3.05, 3.63) is 10.4 Å². The summed E-state index contributed by atoms with van der Waals surface area (Å²) in [6.45, 7) is 2.12. The quantitative estimate of drug-likeness (QED) is 0.785. The number of thiazole rings is 1. The molecule has 0 bridgehead atoms. The molecule has 0 unspecified atom stereocenters. The molecule has 0 aliphatic rings. The Bertz CT molecular complexity index is 285. The summed E-state index contributed by atoms with van der Waals surface area (Å²) in [5.74, 6) is 0.434. The molecular weight excluding hydrogens is 188 g/mol. The van der Waals surface area contributed by atoms with Crippen LogP contribution in [-0.2, 0) is 6.42 Å². The summed E-state index contributed by atoms with van der Waals surface area (Å²) in [4.78, 5) is 14.4. The molecule has 1 amide bonds. The normalized spacial score (nSPS) is 9.92. The van der Waals surface area contributed by atoms with Crippen LogP contribution in [0.1, 0.15) is 24.8 Å². The lowest BCUT2D eigenvalue weighted by Crippen LogP contribution is -2.07. The van der Waals surface area contributed by atoms with Crippen molar-refractivity contribution in [3.63, 3.8) is 0 Å². The fraction of sp³-hybridized carbons (Fsp3) is 0.500. The first-order valence-corrected chi connectivity index (χ1v) is 5.04. The number of hydrogen-bond donors (Lipinski definition) is 2. The van der Waals surface area contributed by atoms with Crippen molar-refractivity contribution >= 4 is 23.2 Å². The molecule has 1 rings (SSSR count). The summed E-state index contributed by atoms with van der Waals surface area (Å²) in [6, 6.07) is 0. The van der Waals surface area contributed by atoms with E-state index < -0.39 is 6.09 Å².